The molecule has 1 heterocycles. The maximum atomic E-state index is 12.1. The van der Waals surface area contributed by atoms with Crippen molar-refractivity contribution in [2.24, 2.45) is 0 Å². The molecule has 124 valence electrons. The number of aromatic nitrogens is 1. The topological polar surface area (TPSA) is 64.8 Å². The molecule has 0 aliphatic carbocycles. The first-order valence-electron chi connectivity index (χ1n) is 7.52. The largest absolute Gasteiger partial charge is 0.493 e. The van der Waals surface area contributed by atoms with Gasteiger partial charge in [0.2, 0.25) is 5.89 Å². The van der Waals surface area contributed by atoms with Crippen molar-refractivity contribution in [2.75, 3.05) is 20.7 Å². The van der Waals surface area contributed by atoms with Crippen molar-refractivity contribution in [1.29, 1.82) is 0 Å². The lowest BCUT2D eigenvalue weighted by atomic mass is 10.2. The molecule has 0 unspecified atom stereocenters. The molecule has 23 heavy (non-hydrogen) atoms. The van der Waals surface area contributed by atoms with Crippen LogP contribution in [0.25, 0.3) is 0 Å². The lowest BCUT2D eigenvalue weighted by Crippen LogP contribution is -2.27. The molecule has 2 aromatic rings. The van der Waals surface area contributed by atoms with E-state index in [9.17, 15) is 4.79 Å². The molecule has 0 spiro atoms. The van der Waals surface area contributed by atoms with Crippen LogP contribution in [-0.2, 0) is 6.61 Å². The summed E-state index contributed by atoms with van der Waals surface area (Å²) in [6, 6.07) is 5.65. The molecule has 6 nitrogen and oxygen atoms in total. The molecule has 0 atom stereocenters. The highest BCUT2D eigenvalue weighted by atomic mass is 16.5. The van der Waals surface area contributed by atoms with Gasteiger partial charge in [-0.15, -0.1) is 0 Å². The molecule has 0 saturated heterocycles. The SMILES string of the molecule is CCCN(C)C(=O)c1coc(COc2ccc(C)cc2OC)n1. The second-order valence-corrected chi connectivity index (χ2v) is 5.30. The fraction of sp³-hybridized carbons (Fsp3) is 0.412. The van der Waals surface area contributed by atoms with Crippen LogP contribution in [0, 0.1) is 6.92 Å². The van der Waals surface area contributed by atoms with Crippen molar-refractivity contribution in [1.82, 2.24) is 9.88 Å². The summed E-state index contributed by atoms with van der Waals surface area (Å²) in [5.41, 5.74) is 1.37. The Labute approximate surface area is 136 Å². The van der Waals surface area contributed by atoms with Gasteiger partial charge in [-0.05, 0) is 31.0 Å². The molecular weight excluding hydrogens is 296 g/mol. The first kappa shape index (κ1) is 16.9. The number of hydrogen-bond donors (Lipinski definition) is 0. The number of benzene rings is 1. The Hall–Kier alpha value is -2.50. The summed E-state index contributed by atoms with van der Waals surface area (Å²) in [7, 11) is 3.33. The maximum absolute atomic E-state index is 12.1. The molecular formula is C17H22N2O4. The lowest BCUT2D eigenvalue weighted by Gasteiger charge is -2.13. The number of carbonyl (C=O) groups excluding carboxylic acids is 1. The van der Waals surface area contributed by atoms with Gasteiger partial charge < -0.3 is 18.8 Å². The summed E-state index contributed by atoms with van der Waals surface area (Å²) in [5, 5.41) is 0. The summed E-state index contributed by atoms with van der Waals surface area (Å²) in [6.07, 6.45) is 2.25. The van der Waals surface area contributed by atoms with Gasteiger partial charge in [0.15, 0.2) is 23.8 Å². The number of oxazole rings is 1. The smallest absolute Gasteiger partial charge is 0.275 e. The number of carbonyl (C=O) groups is 1. The fourth-order valence-corrected chi connectivity index (χ4v) is 2.14. The zero-order valence-electron chi connectivity index (χ0n) is 14.0. The predicted molar refractivity (Wildman–Crippen MR) is 85.8 cm³/mol. The van der Waals surface area contributed by atoms with Crippen LogP contribution in [0.2, 0.25) is 0 Å². The van der Waals surface area contributed by atoms with Crippen molar-refractivity contribution >= 4 is 5.91 Å². The van der Waals surface area contributed by atoms with E-state index in [1.807, 2.05) is 32.0 Å². The first-order chi connectivity index (χ1) is 11.0. The molecule has 0 fully saturated rings. The number of nitrogens with zero attached hydrogens (tertiary/aromatic N) is 2. The second-order valence-electron chi connectivity index (χ2n) is 5.30. The van der Waals surface area contributed by atoms with Gasteiger partial charge in [-0.2, -0.15) is 0 Å². The highest BCUT2D eigenvalue weighted by molar-refractivity contribution is 5.91. The van der Waals surface area contributed by atoms with Gasteiger partial charge in [-0.1, -0.05) is 13.0 Å². The van der Waals surface area contributed by atoms with Crippen LogP contribution in [0.3, 0.4) is 0 Å². The van der Waals surface area contributed by atoms with Gasteiger partial charge in [0, 0.05) is 13.6 Å². The van der Waals surface area contributed by atoms with Crippen LogP contribution in [-0.4, -0.2) is 36.5 Å². The van der Waals surface area contributed by atoms with E-state index in [1.54, 1.807) is 19.1 Å². The van der Waals surface area contributed by atoms with Gasteiger partial charge in [-0.3, -0.25) is 4.79 Å². The monoisotopic (exact) mass is 318 g/mol. The number of hydrogen-bond acceptors (Lipinski definition) is 5. The Morgan fingerprint density at radius 3 is 2.83 bits per heavy atom. The van der Waals surface area contributed by atoms with Gasteiger partial charge >= 0.3 is 0 Å². The number of rotatable bonds is 7. The highest BCUT2D eigenvalue weighted by Gasteiger charge is 2.16. The highest BCUT2D eigenvalue weighted by Crippen LogP contribution is 2.28. The van der Waals surface area contributed by atoms with Gasteiger partial charge in [0.25, 0.3) is 5.91 Å². The molecule has 0 aliphatic rings. The molecule has 1 amide bonds. The Balaban J connectivity index is 2.01. The normalized spacial score (nSPS) is 10.4. The van der Waals surface area contributed by atoms with E-state index in [4.69, 9.17) is 13.9 Å². The molecule has 0 saturated carbocycles. The Morgan fingerprint density at radius 1 is 1.35 bits per heavy atom. The molecule has 6 heteroatoms. The van der Waals surface area contributed by atoms with Crippen LogP contribution >= 0.6 is 0 Å². The zero-order chi connectivity index (χ0) is 16.8. The van der Waals surface area contributed by atoms with E-state index in [0.29, 0.717) is 23.9 Å². The van der Waals surface area contributed by atoms with Crippen molar-refractivity contribution in [3.63, 3.8) is 0 Å². The Kier molecular flexibility index (Phi) is 5.62. The van der Waals surface area contributed by atoms with E-state index >= 15 is 0 Å². The summed E-state index contributed by atoms with van der Waals surface area (Å²) >= 11 is 0. The molecule has 1 aromatic carbocycles. The first-order valence-corrected chi connectivity index (χ1v) is 7.52. The van der Waals surface area contributed by atoms with Crippen molar-refractivity contribution in [3.8, 4) is 11.5 Å². The average molecular weight is 318 g/mol. The summed E-state index contributed by atoms with van der Waals surface area (Å²) in [6.45, 7) is 4.80. The second kappa shape index (κ2) is 7.67. The number of aryl methyl sites for hydroxylation is 1. The van der Waals surface area contributed by atoms with E-state index in [0.717, 1.165) is 12.0 Å². The molecule has 2 rings (SSSR count). The number of methoxy groups -OCH3 is 1. The van der Waals surface area contributed by atoms with Crippen LogP contribution in [0.4, 0.5) is 0 Å². The molecule has 1 aromatic heterocycles. The molecule has 0 N–H and O–H groups in total. The van der Waals surface area contributed by atoms with Crippen molar-refractivity contribution in [3.05, 3.63) is 41.6 Å². The Bertz CT molecular complexity index is 666. The molecule has 0 aliphatic heterocycles. The fourth-order valence-electron chi connectivity index (χ4n) is 2.14. The maximum Gasteiger partial charge on any atom is 0.275 e. The van der Waals surface area contributed by atoms with Crippen LogP contribution in [0.1, 0.15) is 35.3 Å². The van der Waals surface area contributed by atoms with Crippen LogP contribution < -0.4 is 9.47 Å². The molecule has 0 bridgehead atoms. The minimum absolute atomic E-state index is 0.129. The van der Waals surface area contributed by atoms with Gasteiger partial charge in [0.1, 0.15) is 6.26 Å². The van der Waals surface area contributed by atoms with E-state index in [1.165, 1.54) is 6.26 Å². The summed E-state index contributed by atoms with van der Waals surface area (Å²) in [5.74, 6) is 1.44. The minimum Gasteiger partial charge on any atom is -0.493 e. The Morgan fingerprint density at radius 2 is 2.13 bits per heavy atom. The van der Waals surface area contributed by atoms with E-state index in [-0.39, 0.29) is 18.2 Å². The lowest BCUT2D eigenvalue weighted by molar-refractivity contribution is 0.0789. The van der Waals surface area contributed by atoms with Crippen LogP contribution in [0.5, 0.6) is 11.5 Å². The molecule has 0 radical (unpaired) electrons. The van der Waals surface area contributed by atoms with Crippen molar-refractivity contribution < 1.29 is 18.7 Å². The average Bonchev–Trinajstić information content (AvgIpc) is 3.02. The predicted octanol–water partition coefficient (Wildman–Crippen LogP) is 3.05. The quantitative estimate of drug-likeness (QED) is 0.785. The third kappa shape index (κ3) is 4.25. The van der Waals surface area contributed by atoms with Crippen molar-refractivity contribution in [2.45, 2.75) is 26.9 Å². The standard InChI is InChI=1S/C17H22N2O4/c1-5-8-19(3)17(20)13-10-23-16(18-13)11-22-14-7-6-12(2)9-15(14)21-4/h6-7,9-10H,5,8,11H2,1-4H3. The third-order valence-electron chi connectivity index (χ3n) is 3.35. The zero-order valence-corrected chi connectivity index (χ0v) is 14.0. The van der Waals surface area contributed by atoms with E-state index < -0.39 is 0 Å². The van der Waals surface area contributed by atoms with Crippen LogP contribution in [0.15, 0.2) is 28.9 Å². The number of ether oxygens (including phenoxy) is 2. The van der Waals surface area contributed by atoms with Gasteiger partial charge in [-0.25, -0.2) is 4.98 Å². The minimum atomic E-state index is -0.158. The van der Waals surface area contributed by atoms with Gasteiger partial charge in [0.05, 0.1) is 7.11 Å². The summed E-state index contributed by atoms with van der Waals surface area (Å²) < 4.78 is 16.3. The van der Waals surface area contributed by atoms with E-state index in [2.05, 4.69) is 4.98 Å². The summed E-state index contributed by atoms with van der Waals surface area (Å²) in [4.78, 5) is 17.9. The third-order valence-corrected chi connectivity index (χ3v) is 3.35. The number of amides is 1.